The van der Waals surface area contributed by atoms with E-state index in [0.29, 0.717) is 25.9 Å². The zero-order chi connectivity index (χ0) is 15.5. The third-order valence-electron chi connectivity index (χ3n) is 3.64. The SMILES string of the molecule is COC(=O)Cc1ccc(S(=O)(=O)N2CCC(N)CC2)cc1. The van der Waals surface area contributed by atoms with Crippen molar-refractivity contribution in [2.24, 2.45) is 5.73 Å². The van der Waals surface area contributed by atoms with Gasteiger partial charge in [0.25, 0.3) is 0 Å². The number of esters is 1. The predicted octanol–water partition coefficient (Wildman–Crippen LogP) is 0.514. The summed E-state index contributed by atoms with van der Waals surface area (Å²) in [5, 5.41) is 0. The summed E-state index contributed by atoms with van der Waals surface area (Å²) in [6.45, 7) is 0.904. The quantitative estimate of drug-likeness (QED) is 0.818. The molecule has 7 heteroatoms. The van der Waals surface area contributed by atoms with Crippen molar-refractivity contribution in [3.05, 3.63) is 29.8 Å². The fourth-order valence-corrected chi connectivity index (χ4v) is 3.75. The predicted molar refractivity (Wildman–Crippen MR) is 78.1 cm³/mol. The Labute approximate surface area is 124 Å². The lowest BCUT2D eigenvalue weighted by atomic mass is 10.1. The Balaban J connectivity index is 2.12. The molecule has 0 bridgehead atoms. The highest BCUT2D eigenvalue weighted by atomic mass is 32.2. The highest BCUT2D eigenvalue weighted by molar-refractivity contribution is 7.89. The maximum atomic E-state index is 12.5. The number of sulfonamides is 1. The molecule has 2 N–H and O–H groups in total. The second-order valence-electron chi connectivity index (χ2n) is 5.14. The fraction of sp³-hybridized carbons (Fsp3) is 0.500. The molecule has 1 aromatic rings. The molecule has 0 spiro atoms. The van der Waals surface area contributed by atoms with Crippen molar-refractivity contribution in [1.29, 1.82) is 0 Å². The van der Waals surface area contributed by atoms with Gasteiger partial charge >= 0.3 is 5.97 Å². The number of hydrogen-bond donors (Lipinski definition) is 1. The first-order valence-electron chi connectivity index (χ1n) is 6.85. The van der Waals surface area contributed by atoms with Crippen LogP contribution in [0.1, 0.15) is 18.4 Å². The van der Waals surface area contributed by atoms with Gasteiger partial charge in [-0.25, -0.2) is 8.42 Å². The van der Waals surface area contributed by atoms with Gasteiger partial charge in [0, 0.05) is 19.1 Å². The van der Waals surface area contributed by atoms with Crippen LogP contribution in [-0.2, 0) is 26.0 Å². The minimum atomic E-state index is -3.47. The Kier molecular flexibility index (Phi) is 4.97. The number of benzene rings is 1. The maximum absolute atomic E-state index is 12.5. The molecule has 0 aliphatic carbocycles. The Morgan fingerprint density at radius 1 is 1.29 bits per heavy atom. The van der Waals surface area contributed by atoms with E-state index >= 15 is 0 Å². The van der Waals surface area contributed by atoms with Crippen LogP contribution < -0.4 is 5.73 Å². The molecular weight excluding hydrogens is 292 g/mol. The Morgan fingerprint density at radius 3 is 2.38 bits per heavy atom. The summed E-state index contributed by atoms with van der Waals surface area (Å²) in [5.74, 6) is -0.351. The Bertz CT molecular complexity index is 590. The number of ether oxygens (including phenoxy) is 1. The largest absolute Gasteiger partial charge is 0.469 e. The lowest BCUT2D eigenvalue weighted by Crippen LogP contribution is -2.42. The van der Waals surface area contributed by atoms with E-state index in [1.54, 1.807) is 12.1 Å². The molecule has 0 aromatic heterocycles. The molecule has 2 rings (SSSR count). The van der Waals surface area contributed by atoms with E-state index in [1.807, 2.05) is 0 Å². The molecule has 1 aliphatic rings. The van der Waals surface area contributed by atoms with Crippen LogP contribution in [0.25, 0.3) is 0 Å². The van der Waals surface area contributed by atoms with E-state index in [9.17, 15) is 13.2 Å². The molecule has 0 radical (unpaired) electrons. The van der Waals surface area contributed by atoms with E-state index in [0.717, 1.165) is 5.56 Å². The van der Waals surface area contributed by atoms with Gasteiger partial charge in [-0.3, -0.25) is 4.79 Å². The van der Waals surface area contributed by atoms with Crippen LogP contribution in [0.2, 0.25) is 0 Å². The number of carbonyl (C=O) groups is 1. The zero-order valence-corrected chi connectivity index (χ0v) is 12.8. The minimum Gasteiger partial charge on any atom is -0.469 e. The van der Waals surface area contributed by atoms with Crippen molar-refractivity contribution in [1.82, 2.24) is 4.31 Å². The van der Waals surface area contributed by atoms with Gasteiger partial charge in [-0.1, -0.05) is 12.1 Å². The highest BCUT2D eigenvalue weighted by Gasteiger charge is 2.28. The Hall–Kier alpha value is -1.44. The van der Waals surface area contributed by atoms with Gasteiger partial charge in [0.15, 0.2) is 0 Å². The van der Waals surface area contributed by atoms with Gasteiger partial charge in [0.1, 0.15) is 0 Å². The molecule has 1 aliphatic heterocycles. The summed E-state index contributed by atoms with van der Waals surface area (Å²) < 4.78 is 31.0. The first-order valence-corrected chi connectivity index (χ1v) is 8.29. The second kappa shape index (κ2) is 6.55. The second-order valence-corrected chi connectivity index (χ2v) is 7.08. The summed E-state index contributed by atoms with van der Waals surface area (Å²) in [6, 6.07) is 6.42. The Morgan fingerprint density at radius 2 is 1.86 bits per heavy atom. The average molecular weight is 312 g/mol. The van der Waals surface area contributed by atoms with Gasteiger partial charge in [-0.05, 0) is 30.5 Å². The summed E-state index contributed by atoms with van der Waals surface area (Å²) in [6.07, 6.45) is 1.49. The normalized spacial score (nSPS) is 17.6. The van der Waals surface area contributed by atoms with Gasteiger partial charge in [-0.2, -0.15) is 4.31 Å². The van der Waals surface area contributed by atoms with Gasteiger partial charge in [-0.15, -0.1) is 0 Å². The zero-order valence-electron chi connectivity index (χ0n) is 12.0. The van der Waals surface area contributed by atoms with Crippen molar-refractivity contribution in [2.75, 3.05) is 20.2 Å². The van der Waals surface area contributed by atoms with Crippen LogP contribution in [0.5, 0.6) is 0 Å². The van der Waals surface area contributed by atoms with Crippen LogP contribution in [-0.4, -0.2) is 44.9 Å². The smallest absolute Gasteiger partial charge is 0.309 e. The number of hydrogen-bond acceptors (Lipinski definition) is 5. The van der Waals surface area contributed by atoms with Crippen LogP contribution in [0.4, 0.5) is 0 Å². The average Bonchev–Trinajstić information content (AvgIpc) is 2.48. The molecule has 1 heterocycles. The first kappa shape index (κ1) is 15.9. The minimum absolute atomic E-state index is 0.0823. The lowest BCUT2D eigenvalue weighted by Gasteiger charge is -2.29. The number of methoxy groups -OCH3 is 1. The highest BCUT2D eigenvalue weighted by Crippen LogP contribution is 2.20. The first-order chi connectivity index (χ1) is 9.93. The molecule has 116 valence electrons. The molecule has 0 unspecified atom stereocenters. The third kappa shape index (κ3) is 3.81. The molecule has 1 aromatic carbocycles. The fourth-order valence-electron chi connectivity index (χ4n) is 2.28. The molecule has 0 atom stereocenters. The van der Waals surface area contributed by atoms with Crippen molar-refractivity contribution in [2.45, 2.75) is 30.2 Å². The van der Waals surface area contributed by atoms with E-state index in [-0.39, 0.29) is 23.3 Å². The molecule has 6 nitrogen and oxygen atoms in total. The van der Waals surface area contributed by atoms with Gasteiger partial charge in [0.2, 0.25) is 10.0 Å². The lowest BCUT2D eigenvalue weighted by molar-refractivity contribution is -0.139. The summed E-state index contributed by atoms with van der Waals surface area (Å²) >= 11 is 0. The van der Waals surface area contributed by atoms with E-state index in [2.05, 4.69) is 4.74 Å². The number of nitrogens with two attached hydrogens (primary N) is 1. The molecular formula is C14H20N2O4S. The molecule has 0 amide bonds. The molecule has 1 saturated heterocycles. The van der Waals surface area contributed by atoms with Crippen LogP contribution in [0.3, 0.4) is 0 Å². The number of nitrogens with zero attached hydrogens (tertiary/aromatic N) is 1. The van der Waals surface area contributed by atoms with Crippen LogP contribution in [0.15, 0.2) is 29.2 Å². The topological polar surface area (TPSA) is 89.7 Å². The standard InChI is InChI=1S/C14H20N2O4S/c1-20-14(17)10-11-2-4-13(5-3-11)21(18,19)16-8-6-12(15)7-9-16/h2-5,12H,6-10,15H2,1H3. The van der Waals surface area contributed by atoms with Crippen molar-refractivity contribution < 1.29 is 17.9 Å². The van der Waals surface area contributed by atoms with Crippen molar-refractivity contribution in [3.8, 4) is 0 Å². The number of piperidine rings is 1. The molecule has 1 fully saturated rings. The van der Waals surface area contributed by atoms with Crippen molar-refractivity contribution >= 4 is 16.0 Å². The van der Waals surface area contributed by atoms with E-state index < -0.39 is 10.0 Å². The maximum Gasteiger partial charge on any atom is 0.309 e. The van der Waals surface area contributed by atoms with E-state index in [4.69, 9.17) is 5.73 Å². The summed E-state index contributed by atoms with van der Waals surface area (Å²) in [7, 11) is -2.15. The summed E-state index contributed by atoms with van der Waals surface area (Å²) in [4.78, 5) is 11.4. The monoisotopic (exact) mass is 312 g/mol. The summed E-state index contributed by atoms with van der Waals surface area (Å²) in [5.41, 5.74) is 6.52. The third-order valence-corrected chi connectivity index (χ3v) is 5.55. The molecule has 0 saturated carbocycles. The van der Waals surface area contributed by atoms with E-state index in [1.165, 1.54) is 23.5 Å². The van der Waals surface area contributed by atoms with Crippen LogP contribution in [0, 0.1) is 0 Å². The van der Waals surface area contributed by atoms with Gasteiger partial charge in [0.05, 0.1) is 18.4 Å². The molecule has 21 heavy (non-hydrogen) atoms. The van der Waals surface area contributed by atoms with Crippen LogP contribution >= 0.6 is 0 Å². The number of carbonyl (C=O) groups excluding carboxylic acids is 1. The van der Waals surface area contributed by atoms with Gasteiger partial charge < -0.3 is 10.5 Å². The number of rotatable bonds is 4. The van der Waals surface area contributed by atoms with Crippen molar-refractivity contribution in [3.63, 3.8) is 0 Å².